The van der Waals surface area contributed by atoms with Gasteiger partial charge in [-0.2, -0.15) is 0 Å². The second kappa shape index (κ2) is 9.25. The van der Waals surface area contributed by atoms with E-state index in [1.807, 2.05) is 37.8 Å². The number of para-hydroxylation sites is 1. The molecule has 0 radical (unpaired) electrons. The van der Waals surface area contributed by atoms with Crippen LogP contribution in [0, 0.1) is 17.3 Å². The Morgan fingerprint density at radius 2 is 1.97 bits per heavy atom. The van der Waals surface area contributed by atoms with Crippen molar-refractivity contribution in [3.05, 3.63) is 23.8 Å². The zero-order valence-electron chi connectivity index (χ0n) is 21.9. The van der Waals surface area contributed by atoms with E-state index in [9.17, 15) is 9.90 Å². The highest BCUT2D eigenvalue weighted by Gasteiger charge is 2.54. The maximum atomic E-state index is 12.6. The first-order chi connectivity index (χ1) is 15.9. The van der Waals surface area contributed by atoms with E-state index < -0.39 is 11.2 Å². The Hall–Kier alpha value is -1.95. The minimum Gasteiger partial charge on any atom is -0.504 e. The number of carbonyl (C=O) groups excluding carboxylic acids is 1. The van der Waals surface area contributed by atoms with E-state index in [4.69, 9.17) is 14.2 Å². The second-order valence-electron chi connectivity index (χ2n) is 12.4. The van der Waals surface area contributed by atoms with Gasteiger partial charge in [0.1, 0.15) is 11.2 Å². The maximum absolute atomic E-state index is 12.6. The molecule has 4 rings (SSSR count). The molecule has 6 heteroatoms. The van der Waals surface area contributed by atoms with Crippen LogP contribution in [-0.4, -0.2) is 47.0 Å². The molecule has 3 aliphatic heterocycles. The van der Waals surface area contributed by atoms with Crippen LogP contribution in [0.2, 0.25) is 0 Å². The van der Waals surface area contributed by atoms with Crippen LogP contribution in [-0.2, 0) is 9.47 Å². The summed E-state index contributed by atoms with van der Waals surface area (Å²) < 4.78 is 18.9. The van der Waals surface area contributed by atoms with Crippen molar-refractivity contribution in [1.82, 2.24) is 4.90 Å². The predicted octanol–water partition coefficient (Wildman–Crippen LogP) is 6.46. The molecule has 190 valence electrons. The third-order valence-corrected chi connectivity index (χ3v) is 7.97. The summed E-state index contributed by atoms with van der Waals surface area (Å²) in [5.41, 5.74) is 0.119. The second-order valence-corrected chi connectivity index (χ2v) is 12.4. The zero-order valence-corrected chi connectivity index (χ0v) is 21.9. The van der Waals surface area contributed by atoms with Crippen molar-refractivity contribution in [3.63, 3.8) is 0 Å². The summed E-state index contributed by atoms with van der Waals surface area (Å²) in [7, 11) is 0. The van der Waals surface area contributed by atoms with E-state index in [1.54, 1.807) is 6.07 Å². The van der Waals surface area contributed by atoms with Gasteiger partial charge in [0.15, 0.2) is 11.5 Å². The molecule has 1 aromatic rings. The smallest absolute Gasteiger partial charge is 0.410 e. The monoisotopic (exact) mass is 473 g/mol. The van der Waals surface area contributed by atoms with Crippen LogP contribution in [0.1, 0.15) is 91.7 Å². The number of phenols is 1. The third-order valence-electron chi connectivity index (χ3n) is 7.97. The van der Waals surface area contributed by atoms with Gasteiger partial charge in [0.05, 0.1) is 12.7 Å². The third kappa shape index (κ3) is 5.17. The summed E-state index contributed by atoms with van der Waals surface area (Å²) in [6.45, 7) is 14.5. The average molecular weight is 474 g/mol. The fourth-order valence-electron chi connectivity index (χ4n) is 5.98. The van der Waals surface area contributed by atoms with Crippen molar-refractivity contribution in [2.24, 2.45) is 17.3 Å². The molecular formula is C28H43NO5. The number of hydrogen-bond donors (Lipinski definition) is 1. The molecule has 1 amide bonds. The van der Waals surface area contributed by atoms with Crippen LogP contribution in [0.25, 0.3) is 0 Å². The molecule has 6 nitrogen and oxygen atoms in total. The fourth-order valence-corrected chi connectivity index (χ4v) is 5.98. The van der Waals surface area contributed by atoms with Crippen molar-refractivity contribution < 1.29 is 24.1 Å². The molecule has 0 aliphatic carbocycles. The summed E-state index contributed by atoms with van der Waals surface area (Å²) in [4.78, 5) is 14.4. The molecule has 0 bridgehead atoms. The van der Waals surface area contributed by atoms with Crippen LogP contribution < -0.4 is 4.74 Å². The van der Waals surface area contributed by atoms with Crippen LogP contribution in [0.15, 0.2) is 18.2 Å². The molecule has 2 fully saturated rings. The molecule has 3 heterocycles. The van der Waals surface area contributed by atoms with Gasteiger partial charge in [0.2, 0.25) is 0 Å². The van der Waals surface area contributed by atoms with Gasteiger partial charge in [-0.15, -0.1) is 0 Å². The average Bonchev–Trinajstić information content (AvgIpc) is 2.74. The molecule has 1 N–H and O–H groups in total. The van der Waals surface area contributed by atoms with Crippen molar-refractivity contribution in [3.8, 4) is 11.5 Å². The standard InChI is InChI=1S/C28H43NO5/c1-19(2)9-8-12-27(6)21-17-28(13-15-29(16-14-28)25(31)34-26(3,4)5)18-32-23(21)20-10-7-11-22(30)24(20)33-27/h7,10-11,19,21,23,30H,8-9,12-18H2,1-6H3/t21-,23+,27-/m0/s1. The number of aromatic hydroxyl groups is 1. The van der Waals surface area contributed by atoms with E-state index in [2.05, 4.69) is 20.8 Å². The minimum atomic E-state index is -0.483. The lowest BCUT2D eigenvalue weighted by molar-refractivity contribution is -0.180. The largest absolute Gasteiger partial charge is 0.504 e. The topological polar surface area (TPSA) is 68.2 Å². The lowest BCUT2D eigenvalue weighted by Gasteiger charge is -2.55. The van der Waals surface area contributed by atoms with Gasteiger partial charge in [-0.05, 0) is 77.2 Å². The minimum absolute atomic E-state index is 0.0384. The molecule has 3 atom stereocenters. The van der Waals surface area contributed by atoms with Gasteiger partial charge < -0.3 is 24.2 Å². The number of likely N-dealkylation sites (tertiary alicyclic amines) is 1. The SMILES string of the molecule is CC(C)CCC[C@]1(C)Oc2c(O)cccc2[C@H]2OCC3(CCN(C(=O)OC(C)(C)C)CC3)C[C@@H]21. The number of nitrogens with zero attached hydrogens (tertiary/aromatic N) is 1. The Labute approximate surface area is 204 Å². The van der Waals surface area contributed by atoms with Gasteiger partial charge in [0, 0.05) is 24.6 Å². The molecule has 1 spiro atoms. The first-order valence-corrected chi connectivity index (χ1v) is 13.0. The Morgan fingerprint density at radius 1 is 1.26 bits per heavy atom. The van der Waals surface area contributed by atoms with Gasteiger partial charge in [-0.25, -0.2) is 4.79 Å². The Balaban J connectivity index is 1.53. The lowest BCUT2D eigenvalue weighted by atomic mass is 9.63. The summed E-state index contributed by atoms with van der Waals surface area (Å²) >= 11 is 0. The van der Waals surface area contributed by atoms with Gasteiger partial charge in [-0.1, -0.05) is 32.4 Å². The molecular weight excluding hydrogens is 430 g/mol. The van der Waals surface area contributed by atoms with Crippen LogP contribution in [0.3, 0.4) is 0 Å². The number of hydrogen-bond acceptors (Lipinski definition) is 5. The molecule has 0 saturated carbocycles. The number of benzene rings is 1. The van der Waals surface area contributed by atoms with Crippen molar-refractivity contribution >= 4 is 6.09 Å². The van der Waals surface area contributed by atoms with Gasteiger partial charge in [0.25, 0.3) is 0 Å². The lowest BCUT2D eigenvalue weighted by Crippen LogP contribution is -2.56. The number of amides is 1. The molecule has 0 aromatic heterocycles. The quantitative estimate of drug-likeness (QED) is 0.543. The van der Waals surface area contributed by atoms with E-state index in [0.29, 0.717) is 31.4 Å². The van der Waals surface area contributed by atoms with Crippen LogP contribution >= 0.6 is 0 Å². The highest BCUT2D eigenvalue weighted by Crippen LogP contribution is 2.58. The van der Waals surface area contributed by atoms with E-state index in [1.165, 1.54) is 0 Å². The summed E-state index contributed by atoms with van der Waals surface area (Å²) in [6.07, 6.45) is 5.70. The number of phenolic OH excluding ortho intramolecular Hbond substituents is 1. The highest BCUT2D eigenvalue weighted by atomic mass is 16.6. The predicted molar refractivity (Wildman–Crippen MR) is 132 cm³/mol. The maximum Gasteiger partial charge on any atom is 0.410 e. The zero-order chi connectivity index (χ0) is 24.7. The molecule has 1 aromatic carbocycles. The molecule has 34 heavy (non-hydrogen) atoms. The van der Waals surface area contributed by atoms with E-state index in [0.717, 1.165) is 44.1 Å². The number of ether oxygens (including phenoxy) is 3. The molecule has 2 saturated heterocycles. The molecule has 3 aliphatic rings. The Bertz CT molecular complexity index is 883. The van der Waals surface area contributed by atoms with E-state index in [-0.39, 0.29) is 29.3 Å². The van der Waals surface area contributed by atoms with Crippen molar-refractivity contribution in [2.75, 3.05) is 19.7 Å². The highest BCUT2D eigenvalue weighted by molar-refractivity contribution is 5.68. The first-order valence-electron chi connectivity index (χ1n) is 13.0. The number of piperidine rings is 1. The summed E-state index contributed by atoms with van der Waals surface area (Å²) in [5.74, 6) is 1.64. The normalized spacial score (nSPS) is 28.3. The Morgan fingerprint density at radius 3 is 2.62 bits per heavy atom. The summed E-state index contributed by atoms with van der Waals surface area (Å²) in [5, 5.41) is 10.6. The molecule has 0 unspecified atom stereocenters. The first kappa shape index (κ1) is 25.2. The van der Waals surface area contributed by atoms with Crippen molar-refractivity contribution in [1.29, 1.82) is 0 Å². The number of rotatable bonds is 4. The van der Waals surface area contributed by atoms with E-state index >= 15 is 0 Å². The van der Waals surface area contributed by atoms with Crippen molar-refractivity contribution in [2.45, 2.75) is 97.4 Å². The van der Waals surface area contributed by atoms with Crippen LogP contribution in [0.4, 0.5) is 4.79 Å². The summed E-state index contributed by atoms with van der Waals surface area (Å²) in [6, 6.07) is 5.61. The Kier molecular flexibility index (Phi) is 6.84. The van der Waals surface area contributed by atoms with Crippen LogP contribution in [0.5, 0.6) is 11.5 Å². The number of fused-ring (bicyclic) bond motifs is 3. The van der Waals surface area contributed by atoms with Gasteiger partial charge >= 0.3 is 6.09 Å². The fraction of sp³-hybridized carbons (Fsp3) is 0.750. The number of carbonyl (C=O) groups is 1. The van der Waals surface area contributed by atoms with Gasteiger partial charge in [-0.3, -0.25) is 0 Å².